The van der Waals surface area contributed by atoms with E-state index in [0.29, 0.717) is 0 Å². The summed E-state index contributed by atoms with van der Waals surface area (Å²) in [6.07, 6.45) is 7.55. The van der Waals surface area contributed by atoms with E-state index in [1.165, 1.54) is 39.3 Å². The minimum Gasteiger partial charge on any atom is -0.484 e. The molecular formula is C32H39N2O3+. The molecule has 0 fully saturated rings. The predicted molar refractivity (Wildman–Crippen MR) is 149 cm³/mol. The number of fused-ring (bicyclic) bond motifs is 7. The number of para-hydroxylation sites is 1. The standard InChI is InChI=1S/C32H38N2O3/c1-31(2)16-19-33(17-9-5-6-12-27(35)36)25-14-13-21-20-22-26(37-29(21)28(25)31)15-18-34-24-11-8-7-10-23(24)32(3,4)30(22)34/h7-8,10-11,13-14,20,26H,5-6,9,12,15-19H2,1-4H3/p+1. The summed E-state index contributed by atoms with van der Waals surface area (Å²) in [5.41, 5.74) is 9.32. The van der Waals surface area contributed by atoms with Gasteiger partial charge in [0.15, 0.2) is 12.3 Å². The van der Waals surface area contributed by atoms with Crippen LogP contribution >= 0.6 is 0 Å². The quantitative estimate of drug-likeness (QED) is 0.367. The second kappa shape index (κ2) is 8.75. The second-order valence-corrected chi connectivity index (χ2v) is 12.3. The van der Waals surface area contributed by atoms with Gasteiger partial charge in [-0.05, 0) is 56.7 Å². The number of rotatable bonds is 6. The van der Waals surface area contributed by atoms with Crippen LogP contribution in [0.25, 0.3) is 6.08 Å². The van der Waals surface area contributed by atoms with Crippen LogP contribution in [0.15, 0.2) is 42.0 Å². The number of hydrogen-bond donors (Lipinski definition) is 1. The Labute approximate surface area is 220 Å². The molecule has 6 rings (SSSR count). The first kappa shape index (κ1) is 24.3. The lowest BCUT2D eigenvalue weighted by atomic mass is 9.73. The van der Waals surface area contributed by atoms with Crippen molar-refractivity contribution in [1.29, 1.82) is 0 Å². The van der Waals surface area contributed by atoms with Crippen molar-refractivity contribution in [2.24, 2.45) is 0 Å². The summed E-state index contributed by atoms with van der Waals surface area (Å²) >= 11 is 0. The highest BCUT2D eigenvalue weighted by molar-refractivity contribution is 6.11. The number of carboxylic acid groups (broad SMARTS) is 1. The highest BCUT2D eigenvalue weighted by atomic mass is 16.5. The molecule has 4 aliphatic rings. The summed E-state index contributed by atoms with van der Waals surface area (Å²) in [6, 6.07) is 13.4. The molecule has 0 aliphatic carbocycles. The predicted octanol–water partition coefficient (Wildman–Crippen LogP) is 6.44. The molecule has 4 heterocycles. The van der Waals surface area contributed by atoms with Crippen molar-refractivity contribution >= 4 is 29.1 Å². The lowest BCUT2D eigenvalue weighted by molar-refractivity contribution is -0.444. The SMILES string of the molecule is CC1(C)CCN(CCCCCC(=O)O)c2ccc3c(c21)OC1CC[N+]2=C(C1=C3)C(C)(C)c1ccccc12. The number of ether oxygens (including phenoxy) is 1. The Morgan fingerprint density at radius 1 is 1.11 bits per heavy atom. The largest absolute Gasteiger partial charge is 0.484 e. The first-order valence-electron chi connectivity index (χ1n) is 14.0. The average molecular weight is 500 g/mol. The normalized spacial score (nSPS) is 22.2. The molecule has 4 aliphatic heterocycles. The summed E-state index contributed by atoms with van der Waals surface area (Å²) < 4.78 is 9.51. The van der Waals surface area contributed by atoms with E-state index in [4.69, 9.17) is 9.84 Å². The summed E-state index contributed by atoms with van der Waals surface area (Å²) in [6.45, 7) is 12.4. The third-order valence-corrected chi connectivity index (χ3v) is 9.05. The number of nitrogens with zero attached hydrogens (tertiary/aromatic N) is 2. The van der Waals surface area contributed by atoms with E-state index in [-0.39, 0.29) is 23.4 Å². The van der Waals surface area contributed by atoms with E-state index in [1.807, 2.05) is 0 Å². The third-order valence-electron chi connectivity index (χ3n) is 9.05. The molecule has 5 nitrogen and oxygen atoms in total. The van der Waals surface area contributed by atoms with Crippen molar-refractivity contribution in [3.8, 4) is 5.75 Å². The minimum absolute atomic E-state index is 0.0442. The highest BCUT2D eigenvalue weighted by Gasteiger charge is 2.52. The molecule has 0 amide bonds. The van der Waals surface area contributed by atoms with Crippen LogP contribution in [0.5, 0.6) is 5.75 Å². The Morgan fingerprint density at radius 3 is 2.73 bits per heavy atom. The molecule has 5 heteroatoms. The van der Waals surface area contributed by atoms with Crippen molar-refractivity contribution < 1.29 is 19.2 Å². The van der Waals surface area contributed by atoms with Crippen LogP contribution in [0, 0.1) is 0 Å². The molecule has 1 atom stereocenters. The highest BCUT2D eigenvalue weighted by Crippen LogP contribution is 2.51. The van der Waals surface area contributed by atoms with Gasteiger partial charge in [-0.25, -0.2) is 0 Å². The number of benzene rings is 2. The Kier molecular flexibility index (Phi) is 5.74. The fraction of sp³-hybridized carbons (Fsp3) is 0.500. The van der Waals surface area contributed by atoms with Crippen LogP contribution in [0.2, 0.25) is 0 Å². The Balaban J connectivity index is 1.35. The molecule has 0 spiro atoms. The Hall–Kier alpha value is -3.08. The molecular weight excluding hydrogens is 460 g/mol. The molecule has 0 saturated carbocycles. The van der Waals surface area contributed by atoms with E-state index in [1.54, 1.807) is 0 Å². The van der Waals surface area contributed by atoms with Gasteiger partial charge < -0.3 is 14.7 Å². The number of anilines is 1. The van der Waals surface area contributed by atoms with Crippen molar-refractivity contribution in [2.45, 2.75) is 83.2 Å². The van der Waals surface area contributed by atoms with E-state index < -0.39 is 5.97 Å². The van der Waals surface area contributed by atoms with Gasteiger partial charge in [-0.2, -0.15) is 4.58 Å². The number of unbranched alkanes of at least 4 members (excludes halogenated alkanes) is 2. The average Bonchev–Trinajstić information content (AvgIpc) is 3.10. The first-order chi connectivity index (χ1) is 17.7. The second-order valence-electron chi connectivity index (χ2n) is 12.3. The van der Waals surface area contributed by atoms with Crippen molar-refractivity contribution in [3.05, 3.63) is 58.7 Å². The van der Waals surface area contributed by atoms with Gasteiger partial charge in [-0.1, -0.05) is 38.5 Å². The number of hydrogen-bond acceptors (Lipinski definition) is 3. The van der Waals surface area contributed by atoms with Crippen molar-refractivity contribution in [2.75, 3.05) is 24.5 Å². The molecule has 0 aromatic heterocycles. The Morgan fingerprint density at radius 2 is 1.92 bits per heavy atom. The number of aliphatic carboxylic acids is 1. The van der Waals surface area contributed by atoms with Gasteiger partial charge in [-0.3, -0.25) is 4.79 Å². The summed E-state index contributed by atoms with van der Waals surface area (Å²) in [5.74, 6) is 0.379. The van der Waals surface area contributed by atoms with Gasteiger partial charge in [0.25, 0.3) is 0 Å². The van der Waals surface area contributed by atoms with E-state index in [2.05, 4.69) is 79.6 Å². The molecule has 37 heavy (non-hydrogen) atoms. The van der Waals surface area contributed by atoms with Crippen LogP contribution in [0.4, 0.5) is 11.4 Å². The lowest BCUT2D eigenvalue weighted by Crippen LogP contribution is -2.44. The number of carbonyl (C=O) groups is 1. The zero-order valence-corrected chi connectivity index (χ0v) is 22.6. The Bertz CT molecular complexity index is 1330. The van der Waals surface area contributed by atoms with Crippen molar-refractivity contribution in [1.82, 2.24) is 0 Å². The number of carboxylic acids is 1. The lowest BCUT2D eigenvalue weighted by Gasteiger charge is -2.43. The van der Waals surface area contributed by atoms with Gasteiger partial charge >= 0.3 is 5.97 Å². The molecule has 1 unspecified atom stereocenters. The molecule has 0 radical (unpaired) electrons. The molecule has 194 valence electrons. The molecule has 2 aromatic rings. The molecule has 0 saturated heterocycles. The van der Waals surface area contributed by atoms with Gasteiger partial charge in [0.2, 0.25) is 5.69 Å². The van der Waals surface area contributed by atoms with E-state index >= 15 is 0 Å². The van der Waals surface area contributed by atoms with Crippen LogP contribution in [-0.4, -0.2) is 47.1 Å². The van der Waals surface area contributed by atoms with Crippen molar-refractivity contribution in [3.63, 3.8) is 0 Å². The fourth-order valence-electron chi connectivity index (χ4n) is 7.11. The van der Waals surface area contributed by atoms with Crippen LogP contribution in [-0.2, 0) is 15.6 Å². The maximum absolute atomic E-state index is 10.9. The molecule has 2 aromatic carbocycles. The zero-order valence-electron chi connectivity index (χ0n) is 22.6. The first-order valence-corrected chi connectivity index (χ1v) is 14.0. The molecule has 1 N–H and O–H groups in total. The van der Waals surface area contributed by atoms with Gasteiger partial charge in [0.1, 0.15) is 11.9 Å². The van der Waals surface area contributed by atoms with Crippen LogP contribution in [0.1, 0.15) is 82.9 Å². The minimum atomic E-state index is -0.699. The summed E-state index contributed by atoms with van der Waals surface area (Å²) in [5, 5.41) is 8.94. The summed E-state index contributed by atoms with van der Waals surface area (Å²) in [4.78, 5) is 13.4. The summed E-state index contributed by atoms with van der Waals surface area (Å²) in [7, 11) is 0. The van der Waals surface area contributed by atoms with E-state index in [9.17, 15) is 4.79 Å². The maximum atomic E-state index is 10.9. The molecule has 0 bridgehead atoms. The van der Waals surface area contributed by atoms with Gasteiger partial charge in [0, 0.05) is 54.4 Å². The fourth-order valence-corrected chi connectivity index (χ4v) is 7.11. The zero-order chi connectivity index (χ0) is 25.9. The smallest absolute Gasteiger partial charge is 0.303 e. The maximum Gasteiger partial charge on any atom is 0.303 e. The topological polar surface area (TPSA) is 52.8 Å². The van der Waals surface area contributed by atoms with Gasteiger partial charge in [-0.15, -0.1) is 0 Å². The van der Waals surface area contributed by atoms with Crippen LogP contribution < -0.4 is 9.64 Å². The third kappa shape index (κ3) is 3.89. The van der Waals surface area contributed by atoms with Crippen LogP contribution in [0.3, 0.4) is 0 Å². The van der Waals surface area contributed by atoms with Gasteiger partial charge in [0.05, 0.1) is 11.0 Å². The van der Waals surface area contributed by atoms with E-state index in [0.717, 1.165) is 57.5 Å². The monoisotopic (exact) mass is 499 g/mol.